The molecule has 1 unspecified atom stereocenters. The van der Waals surface area contributed by atoms with Crippen molar-refractivity contribution in [1.82, 2.24) is 0 Å². The lowest BCUT2D eigenvalue weighted by Crippen LogP contribution is -3.00. The molecule has 1 atom stereocenters. The van der Waals surface area contributed by atoms with Gasteiger partial charge in [-0.2, -0.15) is 4.40 Å². The minimum Gasteiger partial charge on any atom is -1.00 e. The summed E-state index contributed by atoms with van der Waals surface area (Å²) in [6.45, 7) is 8.68. The van der Waals surface area contributed by atoms with E-state index < -0.39 is 5.92 Å². The fourth-order valence-electron chi connectivity index (χ4n) is 7.54. The number of aromatic amines is 1. The van der Waals surface area contributed by atoms with Crippen LogP contribution in [0.5, 0.6) is 0 Å². The van der Waals surface area contributed by atoms with Gasteiger partial charge < -0.3 is 28.7 Å². The number of ether oxygens (including phenoxy) is 1. The molecule has 262 valence electrons. The van der Waals surface area contributed by atoms with Gasteiger partial charge in [-0.1, -0.05) is 91.4 Å². The lowest BCUT2D eigenvalue weighted by Gasteiger charge is -2.17. The van der Waals surface area contributed by atoms with E-state index in [0.29, 0.717) is 0 Å². The van der Waals surface area contributed by atoms with E-state index in [-0.39, 0.29) is 36.6 Å². The zero-order valence-corrected chi connectivity index (χ0v) is 32.6. The van der Waals surface area contributed by atoms with Crippen LogP contribution in [0.4, 0.5) is 0 Å². The topological polar surface area (TPSA) is 44.5 Å². The SMILES string of the molecule is CC/C=C\c1cc(C)cc(-c2[nH+]ccc3c2ccc2cc(C)ccc23)c1-c1c[n+]2ccccc2c2ccc(C(C)C(=O)OCc3ccccc3)cc12.[I-]. The Kier molecular flexibility index (Phi) is 10.4. The number of hydrogen-bond donors (Lipinski definition) is 0. The molecule has 0 amide bonds. The molecule has 0 saturated heterocycles. The Morgan fingerprint density at radius 2 is 1.57 bits per heavy atom. The van der Waals surface area contributed by atoms with Crippen molar-refractivity contribution in [3.8, 4) is 22.4 Å². The summed E-state index contributed by atoms with van der Waals surface area (Å²) < 4.78 is 8.03. The first-order valence-corrected chi connectivity index (χ1v) is 18.1. The molecule has 1 N–H and O–H groups in total. The lowest BCUT2D eigenvalue weighted by atomic mass is 9.86. The Hall–Kier alpha value is -5.40. The third-order valence-electron chi connectivity index (χ3n) is 10.2. The number of fused-ring (bicyclic) bond motifs is 6. The number of rotatable bonds is 8. The van der Waals surface area contributed by atoms with E-state index in [1.165, 1.54) is 32.7 Å². The summed E-state index contributed by atoms with van der Waals surface area (Å²) in [5.41, 5.74) is 11.0. The summed E-state index contributed by atoms with van der Waals surface area (Å²) in [5.74, 6) is -0.685. The fourth-order valence-corrected chi connectivity index (χ4v) is 7.54. The predicted molar refractivity (Wildman–Crippen MR) is 213 cm³/mol. The number of allylic oxidation sites excluding steroid dienone is 1. The molecule has 3 heterocycles. The molecule has 5 heteroatoms. The average molecular weight is 806 g/mol. The van der Waals surface area contributed by atoms with Crippen LogP contribution >= 0.6 is 0 Å². The smallest absolute Gasteiger partial charge is 0.313 e. The second-order valence-corrected chi connectivity index (χ2v) is 13.8. The molecule has 8 aromatic rings. The highest BCUT2D eigenvalue weighted by molar-refractivity contribution is 6.13. The first-order valence-electron chi connectivity index (χ1n) is 18.1. The molecule has 3 aromatic heterocycles. The van der Waals surface area contributed by atoms with Gasteiger partial charge in [0.05, 0.1) is 27.8 Å². The van der Waals surface area contributed by atoms with E-state index in [1.54, 1.807) is 0 Å². The second kappa shape index (κ2) is 15.3. The first-order chi connectivity index (χ1) is 25.4. The molecule has 53 heavy (non-hydrogen) atoms. The number of carbonyl (C=O) groups excluding carboxylic acids is 1. The van der Waals surface area contributed by atoms with Crippen molar-refractivity contribution in [2.24, 2.45) is 0 Å². The van der Waals surface area contributed by atoms with Gasteiger partial charge in [-0.25, -0.2) is 4.98 Å². The Balaban J connectivity index is 0.00000435. The van der Waals surface area contributed by atoms with E-state index in [4.69, 9.17) is 4.74 Å². The largest absolute Gasteiger partial charge is 1.00 e. The van der Waals surface area contributed by atoms with E-state index in [1.807, 2.05) is 37.3 Å². The number of pyridine rings is 3. The van der Waals surface area contributed by atoms with Crippen molar-refractivity contribution >= 4 is 49.9 Å². The third-order valence-corrected chi connectivity index (χ3v) is 10.2. The van der Waals surface area contributed by atoms with Crippen molar-refractivity contribution in [3.63, 3.8) is 0 Å². The molecule has 0 spiro atoms. The number of nitrogens with zero attached hydrogens (tertiary/aromatic N) is 1. The van der Waals surface area contributed by atoms with Crippen LogP contribution in [-0.2, 0) is 16.1 Å². The zero-order valence-electron chi connectivity index (χ0n) is 30.5. The fraction of sp³-hybridized carbons (Fsp3) is 0.146. The van der Waals surface area contributed by atoms with Crippen LogP contribution in [0.25, 0.3) is 66.3 Å². The van der Waals surface area contributed by atoms with Gasteiger partial charge in [-0.15, -0.1) is 0 Å². The maximum Gasteiger partial charge on any atom is 0.313 e. The summed E-state index contributed by atoms with van der Waals surface area (Å²) in [4.78, 5) is 17.2. The van der Waals surface area contributed by atoms with Crippen molar-refractivity contribution in [3.05, 3.63) is 168 Å². The van der Waals surface area contributed by atoms with Crippen LogP contribution in [0.3, 0.4) is 0 Å². The van der Waals surface area contributed by atoms with Gasteiger partial charge in [0.15, 0.2) is 18.6 Å². The van der Waals surface area contributed by atoms with Crippen molar-refractivity contribution in [2.75, 3.05) is 0 Å². The highest BCUT2D eigenvalue weighted by atomic mass is 127. The summed E-state index contributed by atoms with van der Waals surface area (Å²) >= 11 is 0. The zero-order chi connectivity index (χ0) is 35.8. The number of nitrogens with one attached hydrogen (secondary N) is 1. The van der Waals surface area contributed by atoms with E-state index in [2.05, 4.69) is 146 Å². The number of aromatic nitrogens is 2. The van der Waals surface area contributed by atoms with Gasteiger partial charge in [0.1, 0.15) is 6.61 Å². The van der Waals surface area contributed by atoms with Crippen LogP contribution in [0.15, 0.2) is 140 Å². The van der Waals surface area contributed by atoms with Crippen molar-refractivity contribution in [2.45, 2.75) is 46.6 Å². The number of carbonyl (C=O) groups is 1. The minimum absolute atomic E-state index is 0. The van der Waals surface area contributed by atoms with Gasteiger partial charge in [0.25, 0.3) is 0 Å². The third kappa shape index (κ3) is 6.94. The summed E-state index contributed by atoms with van der Waals surface area (Å²) in [6, 6.07) is 40.5. The number of benzene rings is 5. The van der Waals surface area contributed by atoms with Gasteiger partial charge in [0.2, 0.25) is 11.2 Å². The highest BCUT2D eigenvalue weighted by Crippen LogP contribution is 2.42. The maximum atomic E-state index is 13.5. The molecule has 8 rings (SSSR count). The predicted octanol–water partition coefficient (Wildman–Crippen LogP) is 7.92. The first kappa shape index (κ1) is 36.0. The normalized spacial score (nSPS) is 12.1. The van der Waals surface area contributed by atoms with E-state index in [0.717, 1.165) is 61.8 Å². The van der Waals surface area contributed by atoms with Gasteiger partial charge in [0, 0.05) is 34.5 Å². The van der Waals surface area contributed by atoms with Gasteiger partial charge >= 0.3 is 5.97 Å². The second-order valence-electron chi connectivity index (χ2n) is 13.8. The summed E-state index contributed by atoms with van der Waals surface area (Å²) in [5, 5.41) is 7.07. The van der Waals surface area contributed by atoms with Crippen LogP contribution in [-0.4, -0.2) is 5.97 Å². The molecule has 0 aliphatic carbocycles. The maximum absolute atomic E-state index is 13.5. The lowest BCUT2D eigenvalue weighted by molar-refractivity contribution is -0.510. The number of hydrogen-bond acceptors (Lipinski definition) is 2. The molecule has 0 saturated carbocycles. The Morgan fingerprint density at radius 3 is 2.40 bits per heavy atom. The van der Waals surface area contributed by atoms with Gasteiger partial charge in [-0.05, 0) is 90.6 Å². The molecular formula is C48H42IN2O2+. The average Bonchev–Trinajstić information content (AvgIpc) is 3.18. The van der Waals surface area contributed by atoms with Crippen LogP contribution in [0, 0.1) is 13.8 Å². The summed E-state index contributed by atoms with van der Waals surface area (Å²) in [6.07, 6.45) is 11.8. The van der Waals surface area contributed by atoms with Gasteiger partial charge in [-0.3, -0.25) is 4.79 Å². The Bertz CT molecular complexity index is 2680. The molecule has 5 aromatic carbocycles. The monoisotopic (exact) mass is 805 g/mol. The van der Waals surface area contributed by atoms with E-state index in [9.17, 15) is 4.79 Å². The molecule has 0 radical (unpaired) electrons. The minimum atomic E-state index is -0.444. The summed E-state index contributed by atoms with van der Waals surface area (Å²) in [7, 11) is 0. The standard InChI is InChI=1S/C48H41N2O2.HI/c1-5-6-14-37-26-32(3)27-43(47-41-21-18-36-25-31(2)16-19-38(36)39(41)22-23-49-47)46(37)44-29-50-24-11-10-15-45(50)40-20-17-35(28-42(40)44)33(4)48(51)52-30-34-12-8-7-9-13-34;/h6-29,33H,5,30H2,1-4H3;1H/q+1;/b14-6-;. The Morgan fingerprint density at radius 1 is 0.774 bits per heavy atom. The Labute approximate surface area is 327 Å². The molecule has 4 nitrogen and oxygen atoms in total. The molecule has 0 aliphatic rings. The van der Waals surface area contributed by atoms with Crippen LogP contribution in [0.2, 0.25) is 0 Å². The number of H-pyrrole nitrogens is 1. The highest BCUT2D eigenvalue weighted by Gasteiger charge is 2.26. The molecule has 0 aliphatic heterocycles. The molecule has 0 fully saturated rings. The number of esters is 1. The number of aryl methyl sites for hydroxylation is 2. The van der Waals surface area contributed by atoms with E-state index >= 15 is 0 Å². The van der Waals surface area contributed by atoms with Crippen molar-refractivity contribution < 1.29 is 42.9 Å². The van der Waals surface area contributed by atoms with Crippen LogP contribution in [0.1, 0.15) is 54.0 Å². The number of halogens is 1. The molecule has 0 bridgehead atoms. The molecular weight excluding hydrogens is 763 g/mol. The van der Waals surface area contributed by atoms with Crippen molar-refractivity contribution in [1.29, 1.82) is 0 Å². The quantitative estimate of drug-likeness (QED) is 0.0679. The van der Waals surface area contributed by atoms with Crippen LogP contribution < -0.4 is 33.4 Å².